The molecule has 0 unspecified atom stereocenters. The molecule has 1 aromatic heterocycles. The zero-order chi connectivity index (χ0) is 23.5. The maximum absolute atomic E-state index is 13.3. The molecular weight excluding hydrogens is 422 g/mol. The molecular formula is C29H33N3O2. The molecule has 3 atom stereocenters. The van der Waals surface area contributed by atoms with Gasteiger partial charge in [-0.05, 0) is 60.7 Å². The lowest BCUT2D eigenvalue weighted by Crippen LogP contribution is -2.68. The normalized spacial score (nSPS) is 22.9. The standard InChI is InChI=1S/C29H33N3O2/c1-21-8-3-4-10-25(21)22-11-13-23(14-12-22)28-26-19-31(29(33)24-9-7-15-30-18-24)16-5-6-17-32(26)27(28)20-34-2/h3-4,7-15,18,26-28H,5-6,16-17,19-20H2,1-2H3/t26-,27+,28-/m0/s1. The summed E-state index contributed by atoms with van der Waals surface area (Å²) in [6, 6.07) is 21.9. The molecule has 2 aliphatic rings. The van der Waals surface area contributed by atoms with Crippen molar-refractivity contribution in [1.29, 1.82) is 0 Å². The molecule has 0 radical (unpaired) electrons. The Morgan fingerprint density at radius 1 is 1.03 bits per heavy atom. The first-order valence-electron chi connectivity index (χ1n) is 12.3. The highest BCUT2D eigenvalue weighted by Crippen LogP contribution is 2.43. The number of fused-ring (bicyclic) bond motifs is 1. The summed E-state index contributed by atoms with van der Waals surface area (Å²) in [7, 11) is 1.79. The van der Waals surface area contributed by atoms with E-state index in [0.717, 1.165) is 32.5 Å². The van der Waals surface area contributed by atoms with Gasteiger partial charge >= 0.3 is 0 Å². The molecule has 2 aromatic carbocycles. The summed E-state index contributed by atoms with van der Waals surface area (Å²) in [4.78, 5) is 22.0. The Kier molecular flexibility index (Phi) is 6.75. The van der Waals surface area contributed by atoms with Gasteiger partial charge in [-0.3, -0.25) is 14.7 Å². The third kappa shape index (κ3) is 4.38. The molecule has 2 fully saturated rings. The van der Waals surface area contributed by atoms with Crippen molar-refractivity contribution in [2.75, 3.05) is 33.4 Å². The number of hydrogen-bond acceptors (Lipinski definition) is 4. The van der Waals surface area contributed by atoms with E-state index in [1.54, 1.807) is 19.5 Å². The van der Waals surface area contributed by atoms with E-state index in [1.165, 1.54) is 22.3 Å². The van der Waals surface area contributed by atoms with Gasteiger partial charge < -0.3 is 9.64 Å². The average Bonchev–Trinajstić information content (AvgIpc) is 2.86. The van der Waals surface area contributed by atoms with Crippen LogP contribution in [0.15, 0.2) is 73.1 Å². The van der Waals surface area contributed by atoms with Gasteiger partial charge in [0.1, 0.15) is 0 Å². The van der Waals surface area contributed by atoms with Crippen molar-refractivity contribution < 1.29 is 9.53 Å². The van der Waals surface area contributed by atoms with Gasteiger partial charge in [0.15, 0.2) is 0 Å². The number of carbonyl (C=O) groups is 1. The van der Waals surface area contributed by atoms with E-state index in [0.29, 0.717) is 30.2 Å². The van der Waals surface area contributed by atoms with E-state index in [9.17, 15) is 4.79 Å². The number of benzene rings is 2. The molecule has 0 N–H and O–H groups in total. The number of carbonyl (C=O) groups excluding carboxylic acids is 1. The van der Waals surface area contributed by atoms with Gasteiger partial charge in [0.25, 0.3) is 5.91 Å². The first-order valence-corrected chi connectivity index (χ1v) is 12.3. The summed E-state index contributed by atoms with van der Waals surface area (Å²) in [6.45, 7) is 5.46. The highest BCUT2D eigenvalue weighted by atomic mass is 16.5. The van der Waals surface area contributed by atoms with Crippen LogP contribution >= 0.6 is 0 Å². The van der Waals surface area contributed by atoms with Crippen molar-refractivity contribution >= 4 is 5.91 Å². The number of amides is 1. The number of aryl methyl sites for hydroxylation is 1. The molecule has 1 amide bonds. The molecule has 34 heavy (non-hydrogen) atoms. The lowest BCUT2D eigenvalue weighted by Gasteiger charge is -2.57. The van der Waals surface area contributed by atoms with Gasteiger partial charge in [-0.25, -0.2) is 0 Å². The zero-order valence-electron chi connectivity index (χ0n) is 20.1. The SMILES string of the molecule is COC[C@@H]1[C@@H](c2ccc(-c3ccccc3C)cc2)[C@@H]2CN(C(=O)c3cccnc3)CCCCN12. The van der Waals surface area contributed by atoms with E-state index >= 15 is 0 Å². The Morgan fingerprint density at radius 2 is 1.82 bits per heavy atom. The van der Waals surface area contributed by atoms with Crippen LogP contribution in [0.25, 0.3) is 11.1 Å². The Hall–Kier alpha value is -3.02. The monoisotopic (exact) mass is 455 g/mol. The van der Waals surface area contributed by atoms with Crippen LogP contribution < -0.4 is 0 Å². The Morgan fingerprint density at radius 3 is 2.56 bits per heavy atom. The molecule has 3 heterocycles. The number of ether oxygens (including phenoxy) is 1. The summed E-state index contributed by atoms with van der Waals surface area (Å²) in [5.41, 5.74) is 5.80. The fraction of sp³-hybridized carbons (Fsp3) is 0.379. The number of pyridine rings is 1. The van der Waals surface area contributed by atoms with Crippen LogP contribution in [-0.2, 0) is 4.74 Å². The van der Waals surface area contributed by atoms with Gasteiger partial charge in [-0.2, -0.15) is 0 Å². The Labute approximate surface area is 202 Å². The smallest absolute Gasteiger partial charge is 0.255 e. The topological polar surface area (TPSA) is 45.7 Å². The molecule has 2 aliphatic heterocycles. The van der Waals surface area contributed by atoms with Crippen LogP contribution in [0.3, 0.4) is 0 Å². The third-order valence-corrected chi connectivity index (χ3v) is 7.47. The van der Waals surface area contributed by atoms with E-state index in [2.05, 4.69) is 65.3 Å². The van der Waals surface area contributed by atoms with Crippen LogP contribution in [0.5, 0.6) is 0 Å². The van der Waals surface area contributed by atoms with Crippen LogP contribution in [0.4, 0.5) is 0 Å². The van der Waals surface area contributed by atoms with Crippen LogP contribution in [0.2, 0.25) is 0 Å². The van der Waals surface area contributed by atoms with Gasteiger partial charge in [0, 0.05) is 50.6 Å². The fourth-order valence-corrected chi connectivity index (χ4v) is 5.73. The van der Waals surface area contributed by atoms with E-state index in [1.807, 2.05) is 17.0 Å². The molecule has 0 spiro atoms. The quantitative estimate of drug-likeness (QED) is 0.556. The summed E-state index contributed by atoms with van der Waals surface area (Å²) >= 11 is 0. The minimum absolute atomic E-state index is 0.0822. The molecule has 0 bridgehead atoms. The van der Waals surface area contributed by atoms with Gasteiger partial charge in [-0.1, -0.05) is 48.5 Å². The first kappa shape index (κ1) is 22.8. The second-order valence-electron chi connectivity index (χ2n) is 9.49. The average molecular weight is 456 g/mol. The van der Waals surface area contributed by atoms with E-state index in [4.69, 9.17) is 4.74 Å². The Balaban J connectivity index is 1.41. The summed E-state index contributed by atoms with van der Waals surface area (Å²) in [6.07, 6.45) is 5.50. The maximum atomic E-state index is 13.3. The molecule has 176 valence electrons. The van der Waals surface area contributed by atoms with E-state index < -0.39 is 0 Å². The van der Waals surface area contributed by atoms with Crippen molar-refractivity contribution in [3.63, 3.8) is 0 Å². The molecule has 0 aliphatic carbocycles. The Bertz CT molecular complexity index is 1120. The second-order valence-corrected chi connectivity index (χ2v) is 9.49. The largest absolute Gasteiger partial charge is 0.383 e. The van der Waals surface area contributed by atoms with Crippen LogP contribution in [-0.4, -0.2) is 66.1 Å². The van der Waals surface area contributed by atoms with Crippen molar-refractivity contribution in [3.8, 4) is 11.1 Å². The number of aromatic nitrogens is 1. The van der Waals surface area contributed by atoms with E-state index in [-0.39, 0.29) is 5.91 Å². The number of methoxy groups -OCH3 is 1. The second kappa shape index (κ2) is 10.1. The van der Waals surface area contributed by atoms with Crippen LogP contribution in [0, 0.1) is 6.92 Å². The number of nitrogens with zero attached hydrogens (tertiary/aromatic N) is 3. The molecule has 5 nitrogen and oxygen atoms in total. The summed E-state index contributed by atoms with van der Waals surface area (Å²) < 4.78 is 5.64. The van der Waals surface area contributed by atoms with Crippen LogP contribution in [0.1, 0.15) is 40.2 Å². The third-order valence-electron chi connectivity index (χ3n) is 7.47. The highest BCUT2D eigenvalue weighted by molar-refractivity contribution is 5.93. The summed E-state index contributed by atoms with van der Waals surface area (Å²) in [5.74, 6) is 0.423. The lowest BCUT2D eigenvalue weighted by atomic mass is 9.74. The minimum atomic E-state index is 0.0822. The summed E-state index contributed by atoms with van der Waals surface area (Å²) in [5, 5.41) is 0. The predicted octanol–water partition coefficient (Wildman–Crippen LogP) is 4.78. The molecule has 5 heteroatoms. The van der Waals surface area contributed by atoms with Crippen molar-refractivity contribution in [2.45, 2.75) is 37.8 Å². The molecule has 2 saturated heterocycles. The number of hydrogen-bond donors (Lipinski definition) is 0. The molecule has 5 rings (SSSR count). The molecule has 0 saturated carbocycles. The van der Waals surface area contributed by atoms with Crippen molar-refractivity contribution in [3.05, 3.63) is 89.7 Å². The van der Waals surface area contributed by atoms with Crippen molar-refractivity contribution in [2.24, 2.45) is 0 Å². The maximum Gasteiger partial charge on any atom is 0.255 e. The first-order chi connectivity index (χ1) is 16.7. The zero-order valence-corrected chi connectivity index (χ0v) is 20.1. The number of rotatable bonds is 5. The van der Waals surface area contributed by atoms with Gasteiger partial charge in [-0.15, -0.1) is 0 Å². The van der Waals surface area contributed by atoms with Gasteiger partial charge in [0.2, 0.25) is 0 Å². The lowest BCUT2D eigenvalue weighted by molar-refractivity contribution is -0.0680. The van der Waals surface area contributed by atoms with Crippen molar-refractivity contribution in [1.82, 2.24) is 14.8 Å². The highest BCUT2D eigenvalue weighted by Gasteiger charge is 2.49. The fourth-order valence-electron chi connectivity index (χ4n) is 5.73. The molecule has 3 aromatic rings. The predicted molar refractivity (Wildman–Crippen MR) is 135 cm³/mol. The minimum Gasteiger partial charge on any atom is -0.383 e. The van der Waals surface area contributed by atoms with Gasteiger partial charge in [0.05, 0.1) is 12.2 Å².